The summed E-state index contributed by atoms with van der Waals surface area (Å²) < 4.78 is 9.38. The lowest BCUT2D eigenvalue weighted by atomic mass is 10.4. The van der Waals surface area contributed by atoms with Crippen molar-refractivity contribution in [2.24, 2.45) is 0 Å². The van der Waals surface area contributed by atoms with Crippen molar-refractivity contribution in [2.75, 3.05) is 20.9 Å². The summed E-state index contributed by atoms with van der Waals surface area (Å²) >= 11 is 0. The van der Waals surface area contributed by atoms with E-state index in [1.807, 2.05) is 0 Å². The minimum absolute atomic E-state index is 0.352. The molecular formula is C6H13NO3. The van der Waals surface area contributed by atoms with E-state index in [-0.39, 0.29) is 5.97 Å². The van der Waals surface area contributed by atoms with Crippen molar-refractivity contribution in [1.82, 2.24) is 5.32 Å². The maximum absolute atomic E-state index is 10.6. The van der Waals surface area contributed by atoms with Gasteiger partial charge in [0.15, 0.2) is 6.10 Å². The van der Waals surface area contributed by atoms with Crippen LogP contribution in [-0.4, -0.2) is 33.0 Å². The lowest BCUT2D eigenvalue weighted by Gasteiger charge is -2.08. The van der Waals surface area contributed by atoms with E-state index in [0.717, 1.165) is 0 Å². The monoisotopic (exact) mass is 147 g/mol. The third-order valence-corrected chi connectivity index (χ3v) is 1.01. The highest BCUT2D eigenvalue weighted by atomic mass is 16.6. The third kappa shape index (κ3) is 3.42. The number of methoxy groups -OCH3 is 1. The van der Waals surface area contributed by atoms with Gasteiger partial charge in [0, 0.05) is 0 Å². The average Bonchev–Trinajstić information content (AvgIpc) is 1.98. The summed E-state index contributed by atoms with van der Waals surface area (Å²) in [7, 11) is 3.07. The fourth-order valence-corrected chi connectivity index (χ4v) is 0.442. The van der Waals surface area contributed by atoms with E-state index in [2.05, 4.69) is 10.1 Å². The number of carbonyl (C=O) groups is 1. The van der Waals surface area contributed by atoms with Crippen LogP contribution in [0.5, 0.6) is 0 Å². The Bertz CT molecular complexity index is 105. The highest BCUT2D eigenvalue weighted by molar-refractivity contribution is 5.73. The van der Waals surface area contributed by atoms with Crippen LogP contribution in [0.4, 0.5) is 0 Å². The molecule has 0 bridgehead atoms. The van der Waals surface area contributed by atoms with Crippen molar-refractivity contribution in [1.29, 1.82) is 0 Å². The van der Waals surface area contributed by atoms with Gasteiger partial charge in [0.25, 0.3) is 0 Å². The Labute approximate surface area is 60.5 Å². The molecule has 4 nitrogen and oxygen atoms in total. The molecule has 0 aromatic carbocycles. The van der Waals surface area contributed by atoms with Gasteiger partial charge in [-0.15, -0.1) is 0 Å². The SMILES string of the molecule is CNCOC(C)C(=O)OC. The molecule has 10 heavy (non-hydrogen) atoms. The summed E-state index contributed by atoms with van der Waals surface area (Å²) in [6, 6.07) is 0. The van der Waals surface area contributed by atoms with Crippen molar-refractivity contribution < 1.29 is 14.3 Å². The maximum Gasteiger partial charge on any atom is 0.334 e. The van der Waals surface area contributed by atoms with Gasteiger partial charge in [-0.1, -0.05) is 0 Å². The van der Waals surface area contributed by atoms with E-state index in [0.29, 0.717) is 6.73 Å². The quantitative estimate of drug-likeness (QED) is 0.439. The van der Waals surface area contributed by atoms with Crippen molar-refractivity contribution >= 4 is 5.97 Å². The Hall–Kier alpha value is -0.610. The van der Waals surface area contributed by atoms with Gasteiger partial charge in [0.05, 0.1) is 13.8 Å². The van der Waals surface area contributed by atoms with Gasteiger partial charge in [-0.3, -0.25) is 5.32 Å². The molecule has 0 amide bonds. The molecule has 4 heteroatoms. The molecule has 0 spiro atoms. The molecule has 0 rings (SSSR count). The summed E-state index contributed by atoms with van der Waals surface area (Å²) in [4.78, 5) is 10.6. The first-order valence-corrected chi connectivity index (χ1v) is 3.06. The van der Waals surface area contributed by atoms with E-state index in [9.17, 15) is 4.79 Å². The molecule has 0 aliphatic heterocycles. The van der Waals surface area contributed by atoms with Crippen molar-refractivity contribution in [2.45, 2.75) is 13.0 Å². The van der Waals surface area contributed by atoms with Crippen molar-refractivity contribution in [3.8, 4) is 0 Å². The molecule has 1 atom stereocenters. The molecule has 0 fully saturated rings. The van der Waals surface area contributed by atoms with E-state index in [4.69, 9.17) is 4.74 Å². The fourth-order valence-electron chi connectivity index (χ4n) is 0.442. The Kier molecular flexibility index (Phi) is 4.88. The Morgan fingerprint density at radius 2 is 2.30 bits per heavy atom. The maximum atomic E-state index is 10.6. The molecule has 0 aliphatic carbocycles. The number of ether oxygens (including phenoxy) is 2. The summed E-state index contributed by atoms with van der Waals surface area (Å²) in [6.45, 7) is 2.00. The zero-order valence-electron chi connectivity index (χ0n) is 6.51. The number of rotatable bonds is 4. The van der Waals surface area contributed by atoms with Crippen LogP contribution in [0, 0.1) is 0 Å². The average molecular weight is 147 g/mol. The Morgan fingerprint density at radius 3 is 2.70 bits per heavy atom. The van der Waals surface area contributed by atoms with Gasteiger partial charge >= 0.3 is 5.97 Å². The number of esters is 1. The van der Waals surface area contributed by atoms with Gasteiger partial charge in [-0.25, -0.2) is 4.79 Å². The number of carbonyl (C=O) groups excluding carboxylic acids is 1. The summed E-state index contributed by atoms with van der Waals surface area (Å²) in [5.41, 5.74) is 0. The minimum atomic E-state index is -0.488. The van der Waals surface area contributed by atoms with Gasteiger partial charge in [-0.2, -0.15) is 0 Å². The van der Waals surface area contributed by atoms with Crippen LogP contribution < -0.4 is 5.32 Å². The Balaban J connectivity index is 3.41. The van der Waals surface area contributed by atoms with Gasteiger partial charge in [0.2, 0.25) is 0 Å². The molecule has 0 saturated carbocycles. The predicted molar refractivity (Wildman–Crippen MR) is 36.5 cm³/mol. The minimum Gasteiger partial charge on any atom is -0.467 e. The normalized spacial score (nSPS) is 12.7. The summed E-state index contributed by atoms with van der Waals surface area (Å²) in [6.07, 6.45) is -0.488. The zero-order chi connectivity index (χ0) is 7.98. The molecule has 1 unspecified atom stereocenters. The highest BCUT2D eigenvalue weighted by Gasteiger charge is 2.11. The molecule has 0 aliphatic rings. The predicted octanol–water partition coefficient (Wildman–Crippen LogP) is -0.259. The largest absolute Gasteiger partial charge is 0.467 e. The van der Waals surface area contributed by atoms with Crippen LogP contribution in [0.3, 0.4) is 0 Å². The smallest absolute Gasteiger partial charge is 0.334 e. The second kappa shape index (κ2) is 5.20. The molecule has 0 heterocycles. The van der Waals surface area contributed by atoms with Gasteiger partial charge < -0.3 is 9.47 Å². The van der Waals surface area contributed by atoms with E-state index < -0.39 is 6.10 Å². The first-order chi connectivity index (χ1) is 4.72. The van der Waals surface area contributed by atoms with E-state index >= 15 is 0 Å². The topological polar surface area (TPSA) is 47.6 Å². The number of hydrogen-bond acceptors (Lipinski definition) is 4. The van der Waals surface area contributed by atoms with E-state index in [1.54, 1.807) is 14.0 Å². The molecule has 1 N–H and O–H groups in total. The zero-order valence-corrected chi connectivity index (χ0v) is 6.51. The second-order valence-corrected chi connectivity index (χ2v) is 1.83. The van der Waals surface area contributed by atoms with Crippen LogP contribution >= 0.6 is 0 Å². The number of hydrogen-bond donors (Lipinski definition) is 1. The molecular weight excluding hydrogens is 134 g/mol. The van der Waals surface area contributed by atoms with Crippen molar-refractivity contribution in [3.63, 3.8) is 0 Å². The standard InChI is InChI=1S/C6H13NO3/c1-5(6(8)9-3)10-4-7-2/h5,7H,4H2,1-3H3. The lowest BCUT2D eigenvalue weighted by molar-refractivity contribution is -0.153. The van der Waals surface area contributed by atoms with Crippen LogP contribution in [-0.2, 0) is 14.3 Å². The fraction of sp³-hybridized carbons (Fsp3) is 0.833. The molecule has 0 aromatic rings. The van der Waals surface area contributed by atoms with Crippen LogP contribution in [0.25, 0.3) is 0 Å². The van der Waals surface area contributed by atoms with Crippen LogP contribution in [0.15, 0.2) is 0 Å². The first-order valence-electron chi connectivity index (χ1n) is 3.06. The third-order valence-electron chi connectivity index (χ3n) is 1.01. The van der Waals surface area contributed by atoms with Crippen molar-refractivity contribution in [3.05, 3.63) is 0 Å². The second-order valence-electron chi connectivity index (χ2n) is 1.83. The number of nitrogens with one attached hydrogen (secondary N) is 1. The molecule has 60 valence electrons. The highest BCUT2D eigenvalue weighted by Crippen LogP contribution is 1.90. The summed E-state index contributed by atoms with van der Waals surface area (Å²) in [5.74, 6) is -0.352. The van der Waals surface area contributed by atoms with Gasteiger partial charge in [0.1, 0.15) is 0 Å². The molecule has 0 radical (unpaired) electrons. The van der Waals surface area contributed by atoms with Crippen LogP contribution in [0.1, 0.15) is 6.92 Å². The molecule has 0 saturated heterocycles. The van der Waals surface area contributed by atoms with E-state index in [1.165, 1.54) is 7.11 Å². The Morgan fingerprint density at radius 1 is 1.70 bits per heavy atom. The summed E-state index contributed by atoms with van der Waals surface area (Å²) in [5, 5.41) is 2.75. The van der Waals surface area contributed by atoms with Crippen LogP contribution in [0.2, 0.25) is 0 Å². The lowest BCUT2D eigenvalue weighted by Crippen LogP contribution is -2.26. The first kappa shape index (κ1) is 9.39. The molecule has 0 aromatic heterocycles. The van der Waals surface area contributed by atoms with Gasteiger partial charge in [-0.05, 0) is 14.0 Å².